The van der Waals surface area contributed by atoms with Gasteiger partial charge in [0.25, 0.3) is 0 Å². The molecule has 98 valence electrons. The fraction of sp³-hybridized carbons (Fsp3) is 0.312. The molecule has 0 aliphatic heterocycles. The van der Waals surface area contributed by atoms with Crippen molar-refractivity contribution in [2.45, 2.75) is 31.7 Å². The third kappa shape index (κ3) is 2.75. The van der Waals surface area contributed by atoms with Crippen LogP contribution >= 0.6 is 0 Å². The third-order valence-corrected chi connectivity index (χ3v) is 3.70. The molecule has 3 rings (SSSR count). The van der Waals surface area contributed by atoms with Crippen LogP contribution in [0.2, 0.25) is 0 Å². The normalized spacial score (nSPS) is 21.8. The van der Waals surface area contributed by atoms with Crippen LogP contribution in [0.3, 0.4) is 0 Å². The quantitative estimate of drug-likeness (QED) is 0.901. The van der Waals surface area contributed by atoms with Crippen molar-refractivity contribution in [2.75, 3.05) is 5.32 Å². The van der Waals surface area contributed by atoms with Crippen molar-refractivity contribution < 1.29 is 4.39 Å². The molecule has 1 fully saturated rings. The molecule has 1 aromatic carbocycles. The molecule has 1 aliphatic rings. The van der Waals surface area contributed by atoms with Gasteiger partial charge in [0.2, 0.25) is 0 Å². The SMILES string of the molecule is Cc1cncc(NC2CC(c3cccc(F)c3)C2)c1. The van der Waals surface area contributed by atoms with Gasteiger partial charge in [-0.1, -0.05) is 12.1 Å². The monoisotopic (exact) mass is 256 g/mol. The first-order valence-corrected chi connectivity index (χ1v) is 6.64. The van der Waals surface area contributed by atoms with E-state index in [9.17, 15) is 4.39 Å². The predicted octanol–water partition coefficient (Wildman–Crippen LogP) is 3.89. The van der Waals surface area contributed by atoms with Crippen LogP contribution in [0.25, 0.3) is 0 Å². The van der Waals surface area contributed by atoms with E-state index < -0.39 is 0 Å². The average Bonchev–Trinajstić information content (AvgIpc) is 2.33. The maximum atomic E-state index is 13.2. The molecule has 2 nitrogen and oxygen atoms in total. The van der Waals surface area contributed by atoms with Crippen LogP contribution in [0, 0.1) is 12.7 Å². The van der Waals surface area contributed by atoms with Gasteiger partial charge in [-0.25, -0.2) is 4.39 Å². The molecule has 0 saturated heterocycles. The minimum Gasteiger partial charge on any atom is -0.381 e. The van der Waals surface area contributed by atoms with Crippen LogP contribution in [0.5, 0.6) is 0 Å². The molecule has 2 aromatic rings. The maximum Gasteiger partial charge on any atom is 0.123 e. The first kappa shape index (κ1) is 12.2. The van der Waals surface area contributed by atoms with E-state index in [-0.39, 0.29) is 5.82 Å². The number of aryl methyl sites for hydroxylation is 1. The van der Waals surface area contributed by atoms with Gasteiger partial charge in [0.15, 0.2) is 0 Å². The van der Waals surface area contributed by atoms with E-state index in [1.807, 2.05) is 25.4 Å². The van der Waals surface area contributed by atoms with Gasteiger partial charge in [0, 0.05) is 18.4 Å². The molecule has 1 aromatic heterocycles. The lowest BCUT2D eigenvalue weighted by Gasteiger charge is -2.36. The van der Waals surface area contributed by atoms with E-state index >= 15 is 0 Å². The minimum absolute atomic E-state index is 0.142. The van der Waals surface area contributed by atoms with Crippen molar-refractivity contribution in [1.29, 1.82) is 0 Å². The van der Waals surface area contributed by atoms with Gasteiger partial charge >= 0.3 is 0 Å². The highest BCUT2D eigenvalue weighted by Crippen LogP contribution is 2.38. The molecule has 0 amide bonds. The van der Waals surface area contributed by atoms with Gasteiger partial charge < -0.3 is 5.32 Å². The van der Waals surface area contributed by atoms with Crippen LogP contribution in [-0.2, 0) is 0 Å². The Hall–Kier alpha value is -1.90. The summed E-state index contributed by atoms with van der Waals surface area (Å²) >= 11 is 0. The number of hydrogen-bond donors (Lipinski definition) is 1. The summed E-state index contributed by atoms with van der Waals surface area (Å²) in [7, 11) is 0. The molecule has 1 saturated carbocycles. The highest BCUT2D eigenvalue weighted by Gasteiger charge is 2.30. The van der Waals surface area contributed by atoms with Crippen molar-refractivity contribution in [3.63, 3.8) is 0 Å². The second-order valence-corrected chi connectivity index (χ2v) is 5.32. The Morgan fingerprint density at radius 2 is 2.05 bits per heavy atom. The summed E-state index contributed by atoms with van der Waals surface area (Å²) in [5.74, 6) is 0.336. The van der Waals surface area contributed by atoms with E-state index in [4.69, 9.17) is 0 Å². The van der Waals surface area contributed by atoms with Crippen molar-refractivity contribution in [1.82, 2.24) is 4.98 Å². The molecule has 0 atom stereocenters. The number of aromatic nitrogens is 1. The Morgan fingerprint density at radius 3 is 2.79 bits per heavy atom. The minimum atomic E-state index is -0.142. The fourth-order valence-corrected chi connectivity index (χ4v) is 2.64. The molecular formula is C16H17FN2. The first-order valence-electron chi connectivity index (χ1n) is 6.64. The van der Waals surface area contributed by atoms with E-state index in [0.29, 0.717) is 12.0 Å². The van der Waals surface area contributed by atoms with Gasteiger partial charge in [0.1, 0.15) is 5.82 Å². The number of rotatable bonds is 3. The zero-order valence-electron chi connectivity index (χ0n) is 10.9. The highest BCUT2D eigenvalue weighted by atomic mass is 19.1. The Balaban J connectivity index is 1.58. The maximum absolute atomic E-state index is 13.2. The van der Waals surface area contributed by atoms with Crippen LogP contribution in [0.1, 0.15) is 29.9 Å². The highest BCUT2D eigenvalue weighted by molar-refractivity contribution is 5.44. The number of pyridine rings is 1. The Labute approximate surface area is 112 Å². The van der Waals surface area contributed by atoms with Gasteiger partial charge in [-0.05, 0) is 55.0 Å². The molecule has 0 radical (unpaired) electrons. The summed E-state index contributed by atoms with van der Waals surface area (Å²) in [5.41, 5.74) is 3.34. The zero-order chi connectivity index (χ0) is 13.2. The second kappa shape index (κ2) is 5.00. The smallest absolute Gasteiger partial charge is 0.123 e. The predicted molar refractivity (Wildman–Crippen MR) is 74.8 cm³/mol. The van der Waals surface area contributed by atoms with Crippen LogP contribution in [-0.4, -0.2) is 11.0 Å². The standard InChI is InChI=1S/C16H17FN2/c1-11-5-16(10-18-9-11)19-15-7-13(8-15)12-3-2-4-14(17)6-12/h2-6,9-10,13,15,19H,7-8H2,1H3. The molecule has 0 spiro atoms. The summed E-state index contributed by atoms with van der Waals surface area (Å²) in [6, 6.07) is 9.51. The number of nitrogens with zero attached hydrogens (tertiary/aromatic N) is 1. The molecule has 3 heteroatoms. The lowest BCUT2D eigenvalue weighted by molar-refractivity contribution is 0.373. The fourth-order valence-electron chi connectivity index (χ4n) is 2.64. The Bertz CT molecular complexity index is 576. The van der Waals surface area contributed by atoms with Crippen LogP contribution < -0.4 is 5.32 Å². The van der Waals surface area contributed by atoms with E-state index in [2.05, 4.69) is 16.4 Å². The van der Waals surface area contributed by atoms with E-state index in [1.165, 1.54) is 6.07 Å². The lowest BCUT2D eigenvalue weighted by atomic mass is 9.76. The zero-order valence-corrected chi connectivity index (χ0v) is 10.9. The molecular weight excluding hydrogens is 239 g/mol. The molecule has 1 aliphatic carbocycles. The Kier molecular flexibility index (Phi) is 3.20. The summed E-state index contributed by atoms with van der Waals surface area (Å²) < 4.78 is 13.2. The van der Waals surface area contributed by atoms with Crippen LogP contribution in [0.4, 0.5) is 10.1 Å². The lowest BCUT2D eigenvalue weighted by Crippen LogP contribution is -2.34. The first-order chi connectivity index (χ1) is 9.20. The van der Waals surface area contributed by atoms with Gasteiger partial charge in [-0.2, -0.15) is 0 Å². The van der Waals surface area contributed by atoms with Crippen molar-refractivity contribution in [2.24, 2.45) is 0 Å². The molecule has 19 heavy (non-hydrogen) atoms. The number of anilines is 1. The summed E-state index contributed by atoms with van der Waals surface area (Å²) in [4.78, 5) is 4.17. The Morgan fingerprint density at radius 1 is 1.21 bits per heavy atom. The summed E-state index contributed by atoms with van der Waals surface area (Å²) in [5, 5.41) is 3.48. The molecule has 1 N–H and O–H groups in total. The number of hydrogen-bond acceptors (Lipinski definition) is 2. The average molecular weight is 256 g/mol. The van der Waals surface area contributed by atoms with Crippen molar-refractivity contribution in [3.05, 3.63) is 59.7 Å². The van der Waals surface area contributed by atoms with E-state index in [0.717, 1.165) is 29.7 Å². The van der Waals surface area contributed by atoms with Crippen molar-refractivity contribution in [3.8, 4) is 0 Å². The molecule has 1 heterocycles. The largest absolute Gasteiger partial charge is 0.381 e. The van der Waals surface area contributed by atoms with Gasteiger partial charge in [-0.15, -0.1) is 0 Å². The topological polar surface area (TPSA) is 24.9 Å². The van der Waals surface area contributed by atoms with Gasteiger partial charge in [-0.3, -0.25) is 4.98 Å². The molecule has 0 unspecified atom stereocenters. The molecule has 0 bridgehead atoms. The summed E-state index contributed by atoms with van der Waals surface area (Å²) in [6.45, 7) is 2.04. The number of benzene rings is 1. The van der Waals surface area contributed by atoms with Gasteiger partial charge in [0.05, 0.1) is 5.69 Å². The van der Waals surface area contributed by atoms with E-state index in [1.54, 1.807) is 12.1 Å². The third-order valence-electron chi connectivity index (χ3n) is 3.70. The van der Waals surface area contributed by atoms with Crippen LogP contribution in [0.15, 0.2) is 42.7 Å². The van der Waals surface area contributed by atoms with Crippen molar-refractivity contribution >= 4 is 5.69 Å². The second-order valence-electron chi connectivity index (χ2n) is 5.32. The number of halogens is 1. The summed E-state index contributed by atoms with van der Waals surface area (Å²) in [6.07, 6.45) is 5.80. The number of nitrogens with one attached hydrogen (secondary N) is 1.